The van der Waals surface area contributed by atoms with E-state index < -0.39 is 0 Å². The molecule has 1 aliphatic heterocycles. The number of nitriles is 1. The van der Waals surface area contributed by atoms with Crippen LogP contribution in [0.4, 0.5) is 5.95 Å². The van der Waals surface area contributed by atoms with E-state index in [1.165, 1.54) is 0 Å². The fourth-order valence-corrected chi connectivity index (χ4v) is 1.68. The lowest BCUT2D eigenvalue weighted by atomic mass is 10.3. The lowest BCUT2D eigenvalue weighted by Gasteiger charge is -2.31. The molecule has 1 fully saturated rings. The molecule has 0 aromatic carbocycles. The molecule has 88 valence electrons. The van der Waals surface area contributed by atoms with Crippen molar-refractivity contribution in [1.82, 2.24) is 14.9 Å². The quantitative estimate of drug-likeness (QED) is 0.676. The zero-order valence-electron chi connectivity index (χ0n) is 9.84. The van der Waals surface area contributed by atoms with E-state index in [-0.39, 0.29) is 12.5 Å². The van der Waals surface area contributed by atoms with Crippen LogP contribution < -0.4 is 4.90 Å². The van der Waals surface area contributed by atoms with E-state index in [9.17, 15) is 4.79 Å². The molecule has 1 amide bonds. The molecule has 0 spiro atoms. The molecule has 2 rings (SSSR count). The van der Waals surface area contributed by atoms with Crippen molar-refractivity contribution in [2.24, 2.45) is 0 Å². The molecule has 1 aromatic heterocycles. The van der Waals surface area contributed by atoms with Crippen molar-refractivity contribution in [3.63, 3.8) is 0 Å². The SMILES string of the molecule is Cc1cc(C#N)nc(N2CCN(C)C(=O)C2)n1. The van der Waals surface area contributed by atoms with E-state index in [2.05, 4.69) is 9.97 Å². The van der Waals surface area contributed by atoms with Crippen LogP contribution in [0.15, 0.2) is 6.07 Å². The van der Waals surface area contributed by atoms with Gasteiger partial charge in [0, 0.05) is 25.8 Å². The molecular formula is C11H13N5O. The van der Waals surface area contributed by atoms with Gasteiger partial charge in [0.2, 0.25) is 11.9 Å². The zero-order chi connectivity index (χ0) is 12.4. The molecule has 0 N–H and O–H groups in total. The summed E-state index contributed by atoms with van der Waals surface area (Å²) >= 11 is 0. The number of aryl methyl sites for hydroxylation is 1. The largest absolute Gasteiger partial charge is 0.342 e. The van der Waals surface area contributed by atoms with Crippen LogP contribution in [0.1, 0.15) is 11.4 Å². The predicted octanol–water partition coefficient (Wildman–Crippen LogP) is -0.0649. The fraction of sp³-hybridized carbons (Fsp3) is 0.455. The number of anilines is 1. The Kier molecular flexibility index (Phi) is 2.91. The number of carbonyl (C=O) groups excluding carboxylic acids is 1. The number of carbonyl (C=O) groups is 1. The minimum atomic E-state index is 0.0415. The summed E-state index contributed by atoms with van der Waals surface area (Å²) in [6.45, 7) is 3.42. The first-order chi connectivity index (χ1) is 8.10. The topological polar surface area (TPSA) is 73.1 Å². The van der Waals surface area contributed by atoms with E-state index in [0.717, 1.165) is 5.69 Å². The Balaban J connectivity index is 2.26. The third-order valence-corrected chi connectivity index (χ3v) is 2.70. The van der Waals surface area contributed by atoms with Gasteiger partial charge in [0.25, 0.3) is 0 Å². The smallest absolute Gasteiger partial charge is 0.242 e. The summed E-state index contributed by atoms with van der Waals surface area (Å²) < 4.78 is 0. The van der Waals surface area contributed by atoms with Crippen molar-refractivity contribution >= 4 is 11.9 Å². The van der Waals surface area contributed by atoms with Gasteiger partial charge in [-0.15, -0.1) is 0 Å². The van der Waals surface area contributed by atoms with E-state index in [0.29, 0.717) is 24.7 Å². The van der Waals surface area contributed by atoms with Gasteiger partial charge < -0.3 is 9.80 Å². The molecule has 6 nitrogen and oxygen atoms in total. The average molecular weight is 231 g/mol. The second-order valence-electron chi connectivity index (χ2n) is 4.04. The number of amides is 1. The standard InChI is InChI=1S/C11H13N5O/c1-8-5-9(6-12)14-11(13-8)16-4-3-15(2)10(17)7-16/h5H,3-4,7H2,1-2H3. The summed E-state index contributed by atoms with van der Waals surface area (Å²) in [7, 11) is 1.78. The van der Waals surface area contributed by atoms with Crippen LogP contribution in [0.3, 0.4) is 0 Å². The second kappa shape index (κ2) is 4.37. The molecule has 1 aromatic rings. The Morgan fingerprint density at radius 2 is 2.18 bits per heavy atom. The molecular weight excluding hydrogens is 218 g/mol. The molecule has 0 saturated carbocycles. The Morgan fingerprint density at radius 3 is 2.82 bits per heavy atom. The third kappa shape index (κ3) is 2.33. The highest BCUT2D eigenvalue weighted by atomic mass is 16.2. The maximum absolute atomic E-state index is 11.6. The minimum Gasteiger partial charge on any atom is -0.342 e. The molecule has 6 heteroatoms. The lowest BCUT2D eigenvalue weighted by Crippen LogP contribution is -2.49. The summed E-state index contributed by atoms with van der Waals surface area (Å²) in [6, 6.07) is 3.62. The van der Waals surface area contributed by atoms with Gasteiger partial charge in [0.1, 0.15) is 11.8 Å². The lowest BCUT2D eigenvalue weighted by molar-refractivity contribution is -0.129. The first kappa shape index (κ1) is 11.3. The highest BCUT2D eigenvalue weighted by Gasteiger charge is 2.23. The first-order valence-corrected chi connectivity index (χ1v) is 5.35. The van der Waals surface area contributed by atoms with Crippen LogP contribution in [0.2, 0.25) is 0 Å². The van der Waals surface area contributed by atoms with Crippen LogP contribution in [0.25, 0.3) is 0 Å². The molecule has 0 atom stereocenters. The third-order valence-electron chi connectivity index (χ3n) is 2.70. The molecule has 0 radical (unpaired) electrons. The van der Waals surface area contributed by atoms with E-state index in [4.69, 9.17) is 5.26 Å². The number of piperazine rings is 1. The maximum Gasteiger partial charge on any atom is 0.242 e. The van der Waals surface area contributed by atoms with Crippen LogP contribution >= 0.6 is 0 Å². The predicted molar refractivity (Wildman–Crippen MR) is 61.3 cm³/mol. The van der Waals surface area contributed by atoms with Gasteiger partial charge in [-0.1, -0.05) is 0 Å². The first-order valence-electron chi connectivity index (χ1n) is 5.35. The monoisotopic (exact) mass is 231 g/mol. The summed E-state index contributed by atoms with van der Waals surface area (Å²) in [6.07, 6.45) is 0. The van der Waals surface area contributed by atoms with E-state index in [1.54, 1.807) is 22.9 Å². The number of rotatable bonds is 1. The van der Waals surface area contributed by atoms with Crippen molar-refractivity contribution in [1.29, 1.82) is 5.26 Å². The minimum absolute atomic E-state index is 0.0415. The van der Waals surface area contributed by atoms with Gasteiger partial charge in [-0.3, -0.25) is 4.79 Å². The Morgan fingerprint density at radius 1 is 1.41 bits per heavy atom. The Bertz CT molecular complexity index is 493. The number of aromatic nitrogens is 2. The van der Waals surface area contributed by atoms with Crippen LogP contribution in [0, 0.1) is 18.3 Å². The molecule has 1 saturated heterocycles. The summed E-state index contributed by atoms with van der Waals surface area (Å²) in [5, 5.41) is 8.84. The second-order valence-corrected chi connectivity index (χ2v) is 4.04. The van der Waals surface area contributed by atoms with Crippen molar-refractivity contribution in [3.8, 4) is 6.07 Å². The number of hydrogen-bond donors (Lipinski definition) is 0. The van der Waals surface area contributed by atoms with Gasteiger partial charge in [-0.25, -0.2) is 9.97 Å². The molecule has 0 bridgehead atoms. The van der Waals surface area contributed by atoms with Gasteiger partial charge >= 0.3 is 0 Å². The van der Waals surface area contributed by atoms with Gasteiger partial charge in [0.05, 0.1) is 6.54 Å². The molecule has 0 unspecified atom stereocenters. The fourth-order valence-electron chi connectivity index (χ4n) is 1.68. The number of nitrogens with zero attached hydrogens (tertiary/aromatic N) is 5. The summed E-state index contributed by atoms with van der Waals surface area (Å²) in [5.74, 6) is 0.503. The molecule has 17 heavy (non-hydrogen) atoms. The van der Waals surface area contributed by atoms with E-state index in [1.807, 2.05) is 13.0 Å². The number of likely N-dealkylation sites (N-methyl/N-ethyl adjacent to an activating group) is 1. The van der Waals surface area contributed by atoms with Crippen molar-refractivity contribution in [2.75, 3.05) is 31.6 Å². The Hall–Kier alpha value is -2.16. The summed E-state index contributed by atoms with van der Waals surface area (Å²) in [4.78, 5) is 23.4. The van der Waals surface area contributed by atoms with Crippen molar-refractivity contribution in [3.05, 3.63) is 17.5 Å². The normalized spacial score (nSPS) is 15.9. The zero-order valence-corrected chi connectivity index (χ0v) is 9.84. The summed E-state index contributed by atoms with van der Waals surface area (Å²) in [5.41, 5.74) is 1.07. The molecule has 1 aliphatic rings. The van der Waals surface area contributed by atoms with Crippen LogP contribution in [-0.4, -0.2) is 47.5 Å². The van der Waals surface area contributed by atoms with Crippen molar-refractivity contribution < 1.29 is 4.79 Å². The number of hydrogen-bond acceptors (Lipinski definition) is 5. The van der Waals surface area contributed by atoms with Crippen LogP contribution in [0.5, 0.6) is 0 Å². The van der Waals surface area contributed by atoms with Gasteiger partial charge in [-0.2, -0.15) is 5.26 Å². The highest BCUT2D eigenvalue weighted by Crippen LogP contribution is 2.12. The Labute approximate surface area is 99.5 Å². The van der Waals surface area contributed by atoms with Gasteiger partial charge in [0.15, 0.2) is 0 Å². The highest BCUT2D eigenvalue weighted by molar-refractivity contribution is 5.81. The maximum atomic E-state index is 11.6. The van der Waals surface area contributed by atoms with Crippen LogP contribution in [-0.2, 0) is 4.79 Å². The average Bonchev–Trinajstić information content (AvgIpc) is 2.32. The van der Waals surface area contributed by atoms with Crippen molar-refractivity contribution in [2.45, 2.75) is 6.92 Å². The molecule has 2 heterocycles. The van der Waals surface area contributed by atoms with E-state index >= 15 is 0 Å². The molecule has 0 aliphatic carbocycles. The van der Waals surface area contributed by atoms with Gasteiger partial charge in [-0.05, 0) is 13.0 Å².